The van der Waals surface area contributed by atoms with Crippen molar-refractivity contribution in [3.63, 3.8) is 0 Å². The highest BCUT2D eigenvalue weighted by Gasteiger charge is 2.48. The average molecular weight is 383 g/mol. The number of allylic oxidation sites excluding steroid dienone is 1. The lowest BCUT2D eigenvalue weighted by atomic mass is 9.51. The maximum absolute atomic E-state index is 5.87. The molecule has 0 amide bonds. The topological polar surface area (TPSA) is 9.23 Å². The van der Waals surface area contributed by atoms with E-state index in [4.69, 9.17) is 4.74 Å². The maximum Gasteiger partial charge on any atom is 0.119 e. The van der Waals surface area contributed by atoms with Crippen molar-refractivity contribution >= 4 is 0 Å². The van der Waals surface area contributed by atoms with Gasteiger partial charge in [0.05, 0.1) is 0 Å². The zero-order valence-electron chi connectivity index (χ0n) is 18.5. The zero-order chi connectivity index (χ0) is 19.7. The van der Waals surface area contributed by atoms with E-state index in [1.807, 2.05) is 0 Å². The minimum Gasteiger partial charge on any atom is -0.490 e. The summed E-state index contributed by atoms with van der Waals surface area (Å²) in [5.74, 6) is 1.01. The van der Waals surface area contributed by atoms with Gasteiger partial charge in [-0.2, -0.15) is 0 Å². The smallest absolute Gasteiger partial charge is 0.119 e. The average Bonchev–Trinajstić information content (AvgIpc) is 2.75. The van der Waals surface area contributed by atoms with Crippen LogP contribution in [0.3, 0.4) is 0 Å². The second-order valence-electron chi connectivity index (χ2n) is 9.54. The summed E-state index contributed by atoms with van der Waals surface area (Å²) in [6.07, 6.45) is 23.9. The molecule has 0 heterocycles. The quantitative estimate of drug-likeness (QED) is 0.260. The molecule has 1 nitrogen and oxygen atoms in total. The van der Waals surface area contributed by atoms with E-state index < -0.39 is 0 Å². The predicted molar refractivity (Wildman–Crippen MR) is 121 cm³/mol. The van der Waals surface area contributed by atoms with Gasteiger partial charge in [0.25, 0.3) is 0 Å². The van der Waals surface area contributed by atoms with Crippen molar-refractivity contribution in [3.05, 3.63) is 42.0 Å². The number of benzene rings is 1. The minimum absolute atomic E-state index is 0.462. The van der Waals surface area contributed by atoms with Gasteiger partial charge in [-0.1, -0.05) is 76.7 Å². The third-order valence-corrected chi connectivity index (χ3v) is 7.65. The first-order valence-corrected chi connectivity index (χ1v) is 12.1. The van der Waals surface area contributed by atoms with Crippen LogP contribution in [0.15, 0.2) is 36.4 Å². The summed E-state index contributed by atoms with van der Waals surface area (Å²) in [4.78, 5) is 0. The van der Waals surface area contributed by atoms with Crippen LogP contribution in [0.4, 0.5) is 0 Å². The second-order valence-corrected chi connectivity index (χ2v) is 9.54. The van der Waals surface area contributed by atoms with E-state index in [1.54, 1.807) is 5.56 Å². The zero-order valence-corrected chi connectivity index (χ0v) is 18.5. The number of unbranched alkanes of at least 4 members (excludes halogenated alkanes) is 5. The molecule has 3 aliphatic rings. The first kappa shape index (κ1) is 21.5. The summed E-state index contributed by atoms with van der Waals surface area (Å²) < 4.78 is 5.87. The van der Waals surface area contributed by atoms with Gasteiger partial charge in [-0.15, -0.1) is 0 Å². The molecule has 0 unspecified atom stereocenters. The normalized spacial score (nSPS) is 26.8. The molecule has 1 aromatic rings. The lowest BCUT2D eigenvalue weighted by Crippen LogP contribution is -2.44. The molecule has 0 saturated heterocycles. The van der Waals surface area contributed by atoms with Crippen molar-refractivity contribution in [2.45, 2.75) is 109 Å². The van der Waals surface area contributed by atoms with E-state index in [0.29, 0.717) is 17.4 Å². The van der Waals surface area contributed by atoms with Crippen LogP contribution in [0.1, 0.15) is 109 Å². The summed E-state index contributed by atoms with van der Waals surface area (Å²) in [7, 11) is 0. The summed E-state index contributed by atoms with van der Waals surface area (Å²) in [6, 6.07) is 9.10. The number of fused-ring (bicyclic) bond motifs is 3. The molecule has 1 aromatic carbocycles. The Morgan fingerprint density at radius 2 is 1.46 bits per heavy atom. The number of rotatable bonds is 12. The molecular weight excluding hydrogens is 340 g/mol. The van der Waals surface area contributed by atoms with Crippen molar-refractivity contribution in [2.24, 2.45) is 5.41 Å². The van der Waals surface area contributed by atoms with Crippen LogP contribution in [-0.2, 0) is 5.41 Å². The highest BCUT2D eigenvalue weighted by atomic mass is 16.5. The Kier molecular flexibility index (Phi) is 8.06. The molecule has 1 heteroatoms. The van der Waals surface area contributed by atoms with E-state index in [1.165, 1.54) is 83.5 Å². The van der Waals surface area contributed by atoms with Crippen molar-refractivity contribution in [2.75, 3.05) is 6.61 Å². The lowest BCUT2D eigenvalue weighted by molar-refractivity contribution is 0.0304. The monoisotopic (exact) mass is 382 g/mol. The van der Waals surface area contributed by atoms with Crippen LogP contribution in [0, 0.1) is 5.41 Å². The van der Waals surface area contributed by atoms with Gasteiger partial charge >= 0.3 is 0 Å². The van der Waals surface area contributed by atoms with Crippen LogP contribution in [0.5, 0.6) is 5.75 Å². The largest absolute Gasteiger partial charge is 0.490 e. The molecule has 3 saturated carbocycles. The van der Waals surface area contributed by atoms with Gasteiger partial charge in [0.2, 0.25) is 0 Å². The lowest BCUT2D eigenvalue weighted by Gasteiger charge is -2.54. The summed E-state index contributed by atoms with van der Waals surface area (Å²) in [6.45, 7) is 5.20. The van der Waals surface area contributed by atoms with Gasteiger partial charge < -0.3 is 4.74 Å². The molecular formula is C27H42O. The van der Waals surface area contributed by atoms with Gasteiger partial charge in [0, 0.05) is 0 Å². The molecule has 0 atom stereocenters. The standard InChI is InChI=1S/C27H42O/c1-3-5-7-9-10-16-26-17-20-27(21-18-26,22-19-26)24-12-14-25(15-13-24)28-23-11-8-6-4-2/h8,11-15H,3-7,9-10,16-23H2,1-2H3/b11-8+. The van der Waals surface area contributed by atoms with Crippen LogP contribution in [-0.4, -0.2) is 6.61 Å². The van der Waals surface area contributed by atoms with E-state index in [0.717, 1.165) is 12.2 Å². The fraction of sp³-hybridized carbons (Fsp3) is 0.704. The summed E-state index contributed by atoms with van der Waals surface area (Å²) >= 11 is 0. The van der Waals surface area contributed by atoms with E-state index in [2.05, 4.69) is 50.3 Å². The molecule has 2 bridgehead atoms. The number of hydrogen-bond acceptors (Lipinski definition) is 1. The van der Waals surface area contributed by atoms with Crippen LogP contribution in [0.25, 0.3) is 0 Å². The van der Waals surface area contributed by atoms with Crippen LogP contribution < -0.4 is 4.74 Å². The molecule has 28 heavy (non-hydrogen) atoms. The predicted octanol–water partition coefficient (Wildman–Crippen LogP) is 8.37. The van der Waals surface area contributed by atoms with E-state index >= 15 is 0 Å². The number of hydrogen-bond donors (Lipinski definition) is 0. The fourth-order valence-electron chi connectivity index (χ4n) is 5.58. The summed E-state index contributed by atoms with van der Waals surface area (Å²) in [5.41, 5.74) is 2.73. The molecule has 0 aliphatic heterocycles. The Morgan fingerprint density at radius 1 is 0.786 bits per heavy atom. The van der Waals surface area contributed by atoms with Crippen molar-refractivity contribution in [3.8, 4) is 5.75 Å². The SMILES string of the molecule is CCC/C=C/COc1ccc(C23CCC(CCCCCCC)(CC2)CC3)cc1. The maximum atomic E-state index is 5.87. The fourth-order valence-corrected chi connectivity index (χ4v) is 5.58. The third-order valence-electron chi connectivity index (χ3n) is 7.65. The highest BCUT2D eigenvalue weighted by Crippen LogP contribution is 2.59. The van der Waals surface area contributed by atoms with Crippen LogP contribution in [0.2, 0.25) is 0 Å². The van der Waals surface area contributed by atoms with Crippen LogP contribution >= 0.6 is 0 Å². The molecule has 0 N–H and O–H groups in total. The van der Waals surface area contributed by atoms with Gasteiger partial charge in [-0.05, 0) is 79.9 Å². The van der Waals surface area contributed by atoms with Crippen molar-refractivity contribution in [1.29, 1.82) is 0 Å². The first-order valence-electron chi connectivity index (χ1n) is 12.1. The molecule has 4 rings (SSSR count). The van der Waals surface area contributed by atoms with Gasteiger partial charge in [0.1, 0.15) is 12.4 Å². The van der Waals surface area contributed by atoms with Gasteiger partial charge in [-0.25, -0.2) is 0 Å². The molecule has 156 valence electrons. The van der Waals surface area contributed by atoms with Gasteiger partial charge in [0.15, 0.2) is 0 Å². The number of ether oxygens (including phenoxy) is 1. The van der Waals surface area contributed by atoms with Gasteiger partial charge in [-0.3, -0.25) is 0 Å². The first-order chi connectivity index (χ1) is 13.7. The minimum atomic E-state index is 0.462. The Labute approximate surface area is 174 Å². The van der Waals surface area contributed by atoms with Crippen molar-refractivity contribution in [1.82, 2.24) is 0 Å². The second kappa shape index (κ2) is 10.5. The molecule has 0 spiro atoms. The molecule has 0 aromatic heterocycles. The Hall–Kier alpha value is -1.24. The Bertz CT molecular complexity index is 573. The van der Waals surface area contributed by atoms with E-state index in [9.17, 15) is 0 Å². The highest BCUT2D eigenvalue weighted by molar-refractivity contribution is 5.34. The third kappa shape index (κ3) is 5.43. The summed E-state index contributed by atoms with van der Waals surface area (Å²) in [5, 5.41) is 0. The van der Waals surface area contributed by atoms with Crippen molar-refractivity contribution < 1.29 is 4.74 Å². The molecule has 3 aliphatic carbocycles. The molecule has 0 radical (unpaired) electrons. The Morgan fingerprint density at radius 3 is 2.11 bits per heavy atom. The molecule has 3 fully saturated rings. The van der Waals surface area contributed by atoms with E-state index in [-0.39, 0.29) is 0 Å². The Balaban J connectivity index is 1.48.